The Labute approximate surface area is 156 Å². The van der Waals surface area contributed by atoms with Crippen LogP contribution < -0.4 is 15.8 Å². The van der Waals surface area contributed by atoms with E-state index in [4.69, 9.17) is 5.73 Å². The summed E-state index contributed by atoms with van der Waals surface area (Å²) in [7, 11) is -3.34. The van der Waals surface area contributed by atoms with Crippen LogP contribution in [-0.4, -0.2) is 26.1 Å². The van der Waals surface area contributed by atoms with Crippen molar-refractivity contribution in [3.05, 3.63) is 24.3 Å². The summed E-state index contributed by atoms with van der Waals surface area (Å²) < 4.78 is 26.4. The van der Waals surface area contributed by atoms with Crippen LogP contribution >= 0.6 is 0 Å². The van der Waals surface area contributed by atoms with E-state index >= 15 is 0 Å². The number of nitrogens with one attached hydrogen (secondary N) is 2. The van der Waals surface area contributed by atoms with E-state index < -0.39 is 10.0 Å². The molecular weight excluding hydrogens is 350 g/mol. The summed E-state index contributed by atoms with van der Waals surface area (Å²) >= 11 is 0. The minimum absolute atomic E-state index is 0.00876. The molecule has 7 heteroatoms. The van der Waals surface area contributed by atoms with Crippen molar-refractivity contribution in [3.8, 4) is 0 Å². The molecule has 144 valence electrons. The van der Waals surface area contributed by atoms with Crippen molar-refractivity contribution in [2.75, 3.05) is 15.8 Å². The van der Waals surface area contributed by atoms with E-state index in [0.29, 0.717) is 29.6 Å². The first-order valence-electron chi connectivity index (χ1n) is 9.55. The van der Waals surface area contributed by atoms with E-state index in [1.807, 2.05) is 6.92 Å². The maximum absolute atomic E-state index is 12.7. The van der Waals surface area contributed by atoms with Crippen LogP contribution in [0.5, 0.6) is 0 Å². The lowest BCUT2D eigenvalue weighted by Gasteiger charge is -2.43. The van der Waals surface area contributed by atoms with E-state index in [1.165, 1.54) is 6.42 Å². The predicted molar refractivity (Wildman–Crippen MR) is 104 cm³/mol. The van der Waals surface area contributed by atoms with E-state index in [-0.39, 0.29) is 23.6 Å². The maximum Gasteiger partial charge on any atom is 0.232 e. The van der Waals surface area contributed by atoms with Crippen LogP contribution in [0.3, 0.4) is 0 Å². The largest absolute Gasteiger partial charge is 0.327 e. The fourth-order valence-electron chi connectivity index (χ4n) is 4.41. The van der Waals surface area contributed by atoms with Gasteiger partial charge >= 0.3 is 0 Å². The summed E-state index contributed by atoms with van der Waals surface area (Å²) in [5, 5.41) is 2.96. The lowest BCUT2D eigenvalue weighted by molar-refractivity contribution is -0.122. The van der Waals surface area contributed by atoms with E-state index in [9.17, 15) is 13.2 Å². The highest BCUT2D eigenvalue weighted by molar-refractivity contribution is 7.92. The van der Waals surface area contributed by atoms with Crippen LogP contribution in [-0.2, 0) is 14.8 Å². The lowest BCUT2D eigenvalue weighted by Crippen LogP contribution is -2.48. The molecule has 2 saturated carbocycles. The number of carbonyl (C=O) groups excluding carboxylic acids is 1. The first-order chi connectivity index (χ1) is 12.4. The third kappa shape index (κ3) is 4.57. The molecule has 6 nitrogen and oxygen atoms in total. The Hall–Kier alpha value is -1.60. The Bertz CT molecular complexity index is 736. The molecule has 2 aliphatic carbocycles. The number of amides is 1. The molecule has 2 unspecified atom stereocenters. The van der Waals surface area contributed by atoms with Crippen molar-refractivity contribution in [3.63, 3.8) is 0 Å². The summed E-state index contributed by atoms with van der Waals surface area (Å²) in [4.78, 5) is 12.7. The fourth-order valence-corrected chi connectivity index (χ4v) is 5.53. The average molecular weight is 380 g/mol. The quantitative estimate of drug-likeness (QED) is 0.707. The number of hydrogen-bond donors (Lipinski definition) is 3. The molecular formula is C19H29N3O3S. The second kappa shape index (κ2) is 7.96. The molecule has 4 N–H and O–H groups in total. The Morgan fingerprint density at radius 3 is 2.50 bits per heavy atom. The Morgan fingerprint density at radius 2 is 1.85 bits per heavy atom. The molecule has 0 radical (unpaired) electrons. The molecule has 2 bridgehead atoms. The van der Waals surface area contributed by atoms with Gasteiger partial charge in [-0.05, 0) is 62.1 Å². The number of sulfonamides is 1. The van der Waals surface area contributed by atoms with E-state index in [0.717, 1.165) is 25.7 Å². The van der Waals surface area contributed by atoms with Gasteiger partial charge < -0.3 is 11.1 Å². The Morgan fingerprint density at radius 1 is 1.19 bits per heavy atom. The van der Waals surface area contributed by atoms with Crippen molar-refractivity contribution in [1.29, 1.82) is 0 Å². The minimum Gasteiger partial charge on any atom is -0.327 e. The van der Waals surface area contributed by atoms with Gasteiger partial charge in [0.2, 0.25) is 15.9 Å². The molecule has 2 fully saturated rings. The van der Waals surface area contributed by atoms with Gasteiger partial charge in [-0.15, -0.1) is 0 Å². The topological polar surface area (TPSA) is 101 Å². The molecule has 0 spiro atoms. The number of fused-ring (bicyclic) bond motifs is 2. The fraction of sp³-hybridized carbons (Fsp3) is 0.632. The maximum atomic E-state index is 12.7. The van der Waals surface area contributed by atoms with Gasteiger partial charge in [-0.2, -0.15) is 0 Å². The lowest BCUT2D eigenvalue weighted by atomic mass is 9.65. The minimum atomic E-state index is -3.34. The summed E-state index contributed by atoms with van der Waals surface area (Å²) in [6.45, 7) is 1.82. The smallest absolute Gasteiger partial charge is 0.232 e. The van der Waals surface area contributed by atoms with Gasteiger partial charge in [0.1, 0.15) is 0 Å². The summed E-state index contributed by atoms with van der Waals surface area (Å²) in [6.07, 6.45) is 5.72. The zero-order chi connectivity index (χ0) is 18.7. The molecule has 1 aromatic carbocycles. The van der Waals surface area contributed by atoms with Crippen molar-refractivity contribution < 1.29 is 13.2 Å². The normalized spacial score (nSPS) is 28.4. The van der Waals surface area contributed by atoms with E-state index in [2.05, 4.69) is 10.0 Å². The Kier molecular flexibility index (Phi) is 5.87. The monoisotopic (exact) mass is 379 g/mol. The van der Waals surface area contributed by atoms with Crippen LogP contribution in [0.15, 0.2) is 24.3 Å². The highest BCUT2D eigenvalue weighted by atomic mass is 32.2. The molecule has 0 saturated heterocycles. The second-order valence-electron chi connectivity index (χ2n) is 7.69. The predicted octanol–water partition coefficient (Wildman–Crippen LogP) is 2.93. The van der Waals surface area contributed by atoms with Gasteiger partial charge in [0.05, 0.1) is 11.4 Å². The van der Waals surface area contributed by atoms with Gasteiger partial charge in [-0.3, -0.25) is 9.52 Å². The standard InChI is InChI=1S/C19H29N3O3S/c1-2-9-26(24,25)22-17-8-4-7-16(12-17)21-19(23)15-10-13-5-3-6-14(11-15)18(13)20/h4,7-8,12-15,18,22H,2-3,5-6,9-11,20H2,1H3,(H,21,23). The van der Waals surface area contributed by atoms with Gasteiger partial charge in [0.15, 0.2) is 0 Å². The molecule has 0 aromatic heterocycles. The second-order valence-corrected chi connectivity index (χ2v) is 9.53. The van der Waals surface area contributed by atoms with Gasteiger partial charge in [0, 0.05) is 17.6 Å². The summed E-state index contributed by atoms with van der Waals surface area (Å²) in [5.74, 6) is 0.984. The number of rotatable bonds is 6. The molecule has 1 aromatic rings. The Balaban J connectivity index is 1.64. The van der Waals surface area contributed by atoms with Crippen molar-refractivity contribution in [2.24, 2.45) is 23.5 Å². The molecule has 26 heavy (non-hydrogen) atoms. The highest BCUT2D eigenvalue weighted by Gasteiger charge is 2.40. The van der Waals surface area contributed by atoms with Gasteiger partial charge in [-0.1, -0.05) is 19.4 Å². The third-order valence-electron chi connectivity index (χ3n) is 5.66. The first kappa shape index (κ1) is 19.2. The molecule has 2 aliphatic rings. The highest BCUT2D eigenvalue weighted by Crippen LogP contribution is 2.42. The number of carbonyl (C=O) groups is 1. The number of nitrogens with two attached hydrogens (primary N) is 1. The van der Waals surface area contributed by atoms with Crippen LogP contribution in [0.4, 0.5) is 11.4 Å². The summed E-state index contributed by atoms with van der Waals surface area (Å²) in [5.41, 5.74) is 7.39. The average Bonchev–Trinajstić information content (AvgIpc) is 2.54. The molecule has 1 amide bonds. The zero-order valence-corrected chi connectivity index (χ0v) is 16.1. The van der Waals surface area contributed by atoms with Gasteiger partial charge in [-0.25, -0.2) is 8.42 Å². The third-order valence-corrected chi connectivity index (χ3v) is 7.15. The molecule has 0 aliphatic heterocycles. The van der Waals surface area contributed by atoms with E-state index in [1.54, 1.807) is 24.3 Å². The van der Waals surface area contributed by atoms with Crippen LogP contribution in [0.1, 0.15) is 45.4 Å². The van der Waals surface area contributed by atoms with Crippen molar-refractivity contribution in [2.45, 2.75) is 51.5 Å². The van der Waals surface area contributed by atoms with Crippen molar-refractivity contribution >= 4 is 27.3 Å². The van der Waals surface area contributed by atoms with Crippen molar-refractivity contribution in [1.82, 2.24) is 0 Å². The summed E-state index contributed by atoms with van der Waals surface area (Å²) in [6, 6.07) is 7.12. The number of hydrogen-bond acceptors (Lipinski definition) is 4. The number of anilines is 2. The molecule has 3 rings (SSSR count). The molecule has 0 heterocycles. The zero-order valence-electron chi connectivity index (χ0n) is 15.3. The van der Waals surface area contributed by atoms with Crippen LogP contribution in [0, 0.1) is 17.8 Å². The van der Waals surface area contributed by atoms with Gasteiger partial charge in [0.25, 0.3) is 0 Å². The van der Waals surface area contributed by atoms with Crippen LogP contribution in [0.2, 0.25) is 0 Å². The SMILES string of the molecule is CCCS(=O)(=O)Nc1cccc(NC(=O)C2CC3CCCC(C2)C3N)c1. The molecule has 2 atom stereocenters. The first-order valence-corrected chi connectivity index (χ1v) is 11.2. The van der Waals surface area contributed by atoms with Crippen LogP contribution in [0.25, 0.3) is 0 Å². The number of benzene rings is 1.